The molecule has 1 heterocycles. The standard InChI is InChI=1S/C42H36NO2P/c44-46(35-14-4-1-5-15-35,36-16-6-2-7-17-36)37-28-24-33(25-29-37)42(30-12-3-13-31-42)32-22-26-34(27-23-32)43-38-18-8-10-20-40(38)45-41-21-11-9-19-39(41)43/h1-2,4-11,14-29H,3,12-13,30-31H2. The highest BCUT2D eigenvalue weighted by molar-refractivity contribution is 7.85. The first-order valence-corrected chi connectivity index (χ1v) is 18.0. The predicted molar refractivity (Wildman–Crippen MR) is 191 cm³/mol. The lowest BCUT2D eigenvalue weighted by Crippen LogP contribution is -2.31. The minimum absolute atomic E-state index is 0.0837. The van der Waals surface area contributed by atoms with Crippen molar-refractivity contribution in [3.8, 4) is 11.5 Å². The third kappa shape index (κ3) is 4.78. The molecule has 1 aliphatic heterocycles. The van der Waals surface area contributed by atoms with E-state index >= 15 is 4.57 Å². The zero-order valence-corrected chi connectivity index (χ0v) is 26.7. The van der Waals surface area contributed by atoms with Gasteiger partial charge < -0.3 is 14.2 Å². The van der Waals surface area contributed by atoms with E-state index in [0.717, 1.165) is 57.3 Å². The van der Waals surface area contributed by atoms with Crippen molar-refractivity contribution in [1.29, 1.82) is 0 Å². The Kier molecular flexibility index (Phi) is 7.35. The highest BCUT2D eigenvalue weighted by Gasteiger charge is 2.37. The van der Waals surface area contributed by atoms with Gasteiger partial charge in [0.2, 0.25) is 0 Å². The van der Waals surface area contributed by atoms with Crippen molar-refractivity contribution in [2.75, 3.05) is 4.90 Å². The molecule has 0 amide bonds. The second kappa shape index (κ2) is 11.8. The van der Waals surface area contributed by atoms with Gasteiger partial charge in [-0.15, -0.1) is 0 Å². The Labute approximate surface area is 271 Å². The van der Waals surface area contributed by atoms with Gasteiger partial charge in [0, 0.05) is 27.0 Å². The number of para-hydroxylation sites is 4. The van der Waals surface area contributed by atoms with Crippen molar-refractivity contribution in [1.82, 2.24) is 0 Å². The first-order chi connectivity index (χ1) is 22.7. The summed E-state index contributed by atoms with van der Waals surface area (Å²) in [5.41, 5.74) is 5.75. The SMILES string of the molecule is O=P(c1ccccc1)(c1ccccc1)c1ccc(C2(c3ccc(N4c5ccccc5Oc5ccccc54)cc3)CCCCC2)cc1. The van der Waals surface area contributed by atoms with Gasteiger partial charge in [-0.3, -0.25) is 0 Å². The Bertz CT molecular complexity index is 1930. The molecular formula is C42H36NO2P. The first kappa shape index (κ1) is 28.6. The maximum atomic E-state index is 15.0. The number of hydrogen-bond donors (Lipinski definition) is 0. The highest BCUT2D eigenvalue weighted by Crippen LogP contribution is 2.51. The van der Waals surface area contributed by atoms with Gasteiger partial charge in [-0.05, 0) is 60.4 Å². The molecule has 1 aliphatic carbocycles. The third-order valence-electron chi connectivity index (χ3n) is 9.84. The number of ether oxygens (including phenoxy) is 1. The summed E-state index contributed by atoms with van der Waals surface area (Å²) < 4.78 is 21.3. The third-order valence-corrected chi connectivity index (χ3v) is 12.9. The lowest BCUT2D eigenvalue weighted by atomic mass is 9.65. The Morgan fingerprint density at radius 3 is 1.43 bits per heavy atom. The summed E-state index contributed by atoms with van der Waals surface area (Å²) in [6.45, 7) is 0. The van der Waals surface area contributed by atoms with Crippen molar-refractivity contribution >= 4 is 40.1 Å². The molecule has 0 radical (unpaired) electrons. The summed E-state index contributed by atoms with van der Waals surface area (Å²) >= 11 is 0. The predicted octanol–water partition coefficient (Wildman–Crippen LogP) is 10.2. The molecule has 4 heteroatoms. The van der Waals surface area contributed by atoms with Crippen LogP contribution in [0.5, 0.6) is 11.5 Å². The molecule has 0 N–H and O–H groups in total. The molecule has 1 saturated carbocycles. The fourth-order valence-corrected chi connectivity index (χ4v) is 10.2. The van der Waals surface area contributed by atoms with Crippen LogP contribution in [-0.4, -0.2) is 0 Å². The van der Waals surface area contributed by atoms with Crippen LogP contribution in [0.25, 0.3) is 0 Å². The summed E-state index contributed by atoms with van der Waals surface area (Å²) in [6.07, 6.45) is 5.85. The van der Waals surface area contributed by atoms with Crippen LogP contribution in [0.3, 0.4) is 0 Å². The number of benzene rings is 6. The normalized spacial score (nSPS) is 15.3. The summed E-state index contributed by atoms with van der Waals surface area (Å²) in [7, 11) is -3.02. The van der Waals surface area contributed by atoms with Crippen molar-refractivity contribution < 1.29 is 9.30 Å². The van der Waals surface area contributed by atoms with Crippen LogP contribution in [0.4, 0.5) is 17.1 Å². The first-order valence-electron chi connectivity index (χ1n) is 16.3. The van der Waals surface area contributed by atoms with Crippen LogP contribution >= 0.6 is 7.14 Å². The smallest absolute Gasteiger partial charge is 0.171 e. The molecule has 226 valence electrons. The maximum Gasteiger partial charge on any atom is 0.171 e. The van der Waals surface area contributed by atoms with E-state index in [1.54, 1.807) is 0 Å². The fourth-order valence-electron chi connectivity index (χ4n) is 7.53. The van der Waals surface area contributed by atoms with Crippen molar-refractivity contribution in [3.63, 3.8) is 0 Å². The number of rotatable bonds is 6. The molecule has 46 heavy (non-hydrogen) atoms. The van der Waals surface area contributed by atoms with Gasteiger partial charge in [-0.25, -0.2) is 0 Å². The van der Waals surface area contributed by atoms with E-state index in [2.05, 4.69) is 77.7 Å². The van der Waals surface area contributed by atoms with Crippen LogP contribution in [0.1, 0.15) is 43.2 Å². The Hall–Kier alpha value is -4.85. The van der Waals surface area contributed by atoms with E-state index in [1.807, 2.05) is 84.9 Å². The monoisotopic (exact) mass is 617 g/mol. The second-order valence-electron chi connectivity index (χ2n) is 12.4. The highest BCUT2D eigenvalue weighted by atomic mass is 31.2. The topological polar surface area (TPSA) is 29.5 Å². The summed E-state index contributed by atoms with van der Waals surface area (Å²) in [6, 6.07) is 54.3. The largest absolute Gasteiger partial charge is 0.453 e. The number of fused-ring (bicyclic) bond motifs is 2. The van der Waals surface area contributed by atoms with Crippen LogP contribution in [0, 0.1) is 0 Å². The van der Waals surface area contributed by atoms with Gasteiger partial charge >= 0.3 is 0 Å². The molecule has 0 bridgehead atoms. The molecule has 6 aromatic carbocycles. The lowest BCUT2D eigenvalue weighted by molar-refractivity contribution is 0.346. The van der Waals surface area contributed by atoms with E-state index in [1.165, 1.54) is 30.4 Å². The molecule has 0 unspecified atom stereocenters. The van der Waals surface area contributed by atoms with Gasteiger partial charge in [0.15, 0.2) is 18.6 Å². The molecule has 6 aromatic rings. The van der Waals surface area contributed by atoms with E-state index in [4.69, 9.17) is 4.74 Å². The van der Waals surface area contributed by atoms with Crippen molar-refractivity contribution in [2.45, 2.75) is 37.5 Å². The van der Waals surface area contributed by atoms with Crippen LogP contribution in [0.2, 0.25) is 0 Å². The van der Waals surface area contributed by atoms with Gasteiger partial charge in [0.05, 0.1) is 11.4 Å². The minimum Gasteiger partial charge on any atom is -0.453 e. The Balaban J connectivity index is 1.18. The van der Waals surface area contributed by atoms with Crippen LogP contribution in [-0.2, 0) is 9.98 Å². The maximum absolute atomic E-state index is 15.0. The Morgan fingerprint density at radius 1 is 0.478 bits per heavy atom. The molecule has 2 aliphatic rings. The number of anilines is 3. The lowest BCUT2D eigenvalue weighted by Gasteiger charge is -2.39. The van der Waals surface area contributed by atoms with E-state index in [0.29, 0.717) is 0 Å². The molecule has 1 fully saturated rings. The molecule has 8 rings (SSSR count). The van der Waals surface area contributed by atoms with E-state index in [9.17, 15) is 0 Å². The van der Waals surface area contributed by atoms with E-state index in [-0.39, 0.29) is 5.41 Å². The Morgan fingerprint density at radius 2 is 0.913 bits per heavy atom. The van der Waals surface area contributed by atoms with Gasteiger partial charge in [0.1, 0.15) is 0 Å². The van der Waals surface area contributed by atoms with Gasteiger partial charge in [-0.2, -0.15) is 0 Å². The van der Waals surface area contributed by atoms with Crippen LogP contribution < -0.4 is 25.6 Å². The molecular weight excluding hydrogens is 581 g/mol. The summed E-state index contributed by atoms with van der Waals surface area (Å²) in [4.78, 5) is 2.30. The van der Waals surface area contributed by atoms with Crippen molar-refractivity contribution in [3.05, 3.63) is 169 Å². The molecule has 0 atom stereocenters. The van der Waals surface area contributed by atoms with Gasteiger partial charge in [0.25, 0.3) is 0 Å². The van der Waals surface area contributed by atoms with E-state index < -0.39 is 7.14 Å². The number of nitrogens with zero attached hydrogens (tertiary/aromatic N) is 1. The molecule has 3 nitrogen and oxygen atoms in total. The number of hydrogen-bond acceptors (Lipinski definition) is 3. The van der Waals surface area contributed by atoms with Gasteiger partial charge in [-0.1, -0.05) is 141 Å². The second-order valence-corrected chi connectivity index (χ2v) is 15.2. The zero-order valence-electron chi connectivity index (χ0n) is 25.8. The summed E-state index contributed by atoms with van der Waals surface area (Å²) in [5.74, 6) is 1.72. The average Bonchev–Trinajstić information content (AvgIpc) is 3.14. The average molecular weight is 618 g/mol. The quantitative estimate of drug-likeness (QED) is 0.174. The fraction of sp³-hybridized carbons (Fsp3) is 0.143. The molecule has 0 saturated heterocycles. The zero-order chi connectivity index (χ0) is 31.0. The molecule has 0 spiro atoms. The minimum atomic E-state index is -3.02. The van der Waals surface area contributed by atoms with Crippen LogP contribution in [0.15, 0.2) is 158 Å². The summed E-state index contributed by atoms with van der Waals surface area (Å²) in [5, 5.41) is 2.60. The van der Waals surface area contributed by atoms with Crippen molar-refractivity contribution in [2.24, 2.45) is 0 Å². The molecule has 0 aromatic heterocycles.